The average molecular weight is 283 g/mol. The van der Waals surface area contributed by atoms with Gasteiger partial charge in [0.1, 0.15) is 0 Å². The highest BCUT2D eigenvalue weighted by Gasteiger charge is 2.58. The third-order valence-electron chi connectivity index (χ3n) is 5.77. The van der Waals surface area contributed by atoms with Gasteiger partial charge in [0.25, 0.3) is 0 Å². The quantitative estimate of drug-likeness (QED) is 0.720. The van der Waals surface area contributed by atoms with Gasteiger partial charge in [-0.15, -0.1) is 0 Å². The van der Waals surface area contributed by atoms with Crippen molar-refractivity contribution in [1.29, 1.82) is 0 Å². The number of carbonyl (C=O) groups is 1. The average Bonchev–Trinajstić information content (AvgIpc) is 2.31. The predicted octanol–water partition coefficient (Wildman–Crippen LogP) is 1.82. The largest absolute Gasteiger partial charge is 0.412 e. The Kier molecular flexibility index (Phi) is 4.16. The SMILES string of the molecule is CC(=O)N[C@]12C=C(C)C(C)(C)[C@H](C[C@H]1O)CC2(C)C.O. The first-order valence-corrected chi connectivity index (χ1v) is 7.20. The Bertz CT molecular complexity index is 439. The summed E-state index contributed by atoms with van der Waals surface area (Å²) in [5, 5.41) is 13.8. The third kappa shape index (κ3) is 2.19. The Morgan fingerprint density at radius 3 is 2.35 bits per heavy atom. The fraction of sp³-hybridized carbons (Fsp3) is 0.812. The summed E-state index contributed by atoms with van der Waals surface area (Å²) in [6.07, 6.45) is 3.39. The van der Waals surface area contributed by atoms with Crippen molar-refractivity contribution in [3.63, 3.8) is 0 Å². The fourth-order valence-corrected chi connectivity index (χ4v) is 4.05. The van der Waals surface area contributed by atoms with Crippen molar-refractivity contribution < 1.29 is 15.4 Å². The lowest BCUT2D eigenvalue weighted by Crippen LogP contribution is -2.66. The summed E-state index contributed by atoms with van der Waals surface area (Å²) in [6, 6.07) is 0. The molecule has 0 aromatic rings. The van der Waals surface area contributed by atoms with E-state index in [4.69, 9.17) is 0 Å². The smallest absolute Gasteiger partial charge is 0.217 e. The zero-order valence-electron chi connectivity index (χ0n) is 13.5. The number of hydrogen-bond acceptors (Lipinski definition) is 2. The number of allylic oxidation sites excluding steroid dienone is 1. The van der Waals surface area contributed by atoms with Crippen LogP contribution < -0.4 is 5.32 Å². The maximum atomic E-state index is 11.7. The van der Waals surface area contributed by atoms with E-state index in [1.807, 2.05) is 0 Å². The van der Waals surface area contributed by atoms with Crippen molar-refractivity contribution in [1.82, 2.24) is 5.32 Å². The second-order valence-electron chi connectivity index (χ2n) is 7.64. The number of aliphatic hydroxyl groups excluding tert-OH is 1. The van der Waals surface area contributed by atoms with Crippen LogP contribution in [0.25, 0.3) is 0 Å². The first-order chi connectivity index (χ1) is 8.53. The van der Waals surface area contributed by atoms with E-state index in [2.05, 4.69) is 46.0 Å². The van der Waals surface area contributed by atoms with Gasteiger partial charge >= 0.3 is 0 Å². The van der Waals surface area contributed by atoms with Crippen LogP contribution in [0.2, 0.25) is 0 Å². The Hall–Kier alpha value is -0.870. The van der Waals surface area contributed by atoms with Crippen LogP contribution in [-0.4, -0.2) is 28.1 Å². The molecule has 0 aliphatic heterocycles. The van der Waals surface area contributed by atoms with Gasteiger partial charge < -0.3 is 15.9 Å². The van der Waals surface area contributed by atoms with E-state index in [0.29, 0.717) is 5.92 Å². The minimum atomic E-state index is -0.632. The molecule has 0 spiro atoms. The molecule has 0 heterocycles. The van der Waals surface area contributed by atoms with Crippen molar-refractivity contribution >= 4 is 5.91 Å². The highest BCUT2D eigenvalue weighted by Crippen LogP contribution is 2.57. The van der Waals surface area contributed by atoms with E-state index in [1.165, 1.54) is 12.5 Å². The summed E-state index contributed by atoms with van der Waals surface area (Å²) in [5.41, 5.74) is 0.575. The molecule has 116 valence electrons. The van der Waals surface area contributed by atoms with Gasteiger partial charge in [-0.2, -0.15) is 0 Å². The van der Waals surface area contributed by atoms with E-state index in [0.717, 1.165) is 12.8 Å². The van der Waals surface area contributed by atoms with Crippen molar-refractivity contribution in [2.45, 2.75) is 66.0 Å². The lowest BCUT2D eigenvalue weighted by Gasteiger charge is -2.53. The Balaban J connectivity index is 0.00000200. The summed E-state index contributed by atoms with van der Waals surface area (Å²) >= 11 is 0. The second-order valence-corrected chi connectivity index (χ2v) is 7.64. The van der Waals surface area contributed by atoms with Crippen LogP contribution in [0.3, 0.4) is 0 Å². The number of amides is 1. The van der Waals surface area contributed by atoms with Gasteiger partial charge in [-0.1, -0.05) is 39.3 Å². The number of rotatable bonds is 1. The molecule has 1 amide bonds. The van der Waals surface area contributed by atoms with Crippen LogP contribution >= 0.6 is 0 Å². The maximum Gasteiger partial charge on any atom is 0.217 e. The van der Waals surface area contributed by atoms with Crippen LogP contribution in [0.15, 0.2) is 11.6 Å². The monoisotopic (exact) mass is 283 g/mol. The molecule has 0 aromatic carbocycles. The van der Waals surface area contributed by atoms with Gasteiger partial charge in [-0.3, -0.25) is 4.79 Å². The molecular formula is C16H29NO3. The van der Waals surface area contributed by atoms with Crippen molar-refractivity contribution in [2.75, 3.05) is 0 Å². The van der Waals surface area contributed by atoms with Gasteiger partial charge in [0.05, 0.1) is 11.6 Å². The van der Waals surface area contributed by atoms with Crippen LogP contribution in [0, 0.1) is 16.7 Å². The zero-order valence-corrected chi connectivity index (χ0v) is 13.5. The first-order valence-electron chi connectivity index (χ1n) is 7.20. The summed E-state index contributed by atoms with van der Waals surface area (Å²) in [6.45, 7) is 12.5. The molecule has 20 heavy (non-hydrogen) atoms. The summed E-state index contributed by atoms with van der Waals surface area (Å²) in [5.74, 6) is 0.382. The fourth-order valence-electron chi connectivity index (χ4n) is 4.05. The lowest BCUT2D eigenvalue weighted by molar-refractivity contribution is -0.127. The zero-order chi connectivity index (χ0) is 14.6. The number of aliphatic hydroxyl groups is 1. The molecule has 4 heteroatoms. The molecule has 1 saturated carbocycles. The predicted molar refractivity (Wildman–Crippen MR) is 80.2 cm³/mol. The minimum Gasteiger partial charge on any atom is -0.412 e. The highest BCUT2D eigenvalue weighted by molar-refractivity contribution is 5.74. The van der Waals surface area contributed by atoms with Crippen LogP contribution in [0.1, 0.15) is 54.4 Å². The van der Waals surface area contributed by atoms with Crippen molar-refractivity contribution in [3.05, 3.63) is 11.6 Å². The standard InChI is InChI=1S/C16H27NO2.H2O/c1-10-8-16(17-11(2)18)13(19)7-12(15(10,5)6)9-14(16,3)4;/h8,12-13,19H,7,9H2,1-6H3,(H,17,18);1H2/t12-,13-,16-;/m1./s1. The van der Waals surface area contributed by atoms with Crippen molar-refractivity contribution in [2.24, 2.45) is 16.7 Å². The van der Waals surface area contributed by atoms with E-state index in [9.17, 15) is 9.90 Å². The van der Waals surface area contributed by atoms with Gasteiger partial charge in [0.15, 0.2) is 0 Å². The van der Waals surface area contributed by atoms with Crippen LogP contribution in [-0.2, 0) is 4.79 Å². The molecule has 4 N–H and O–H groups in total. The molecule has 0 saturated heterocycles. The summed E-state index contributed by atoms with van der Waals surface area (Å²) in [4.78, 5) is 11.7. The number of nitrogens with one attached hydrogen (secondary N) is 1. The number of carbonyl (C=O) groups excluding carboxylic acids is 1. The van der Waals surface area contributed by atoms with E-state index < -0.39 is 11.6 Å². The number of hydrogen-bond donors (Lipinski definition) is 2. The van der Waals surface area contributed by atoms with E-state index in [1.54, 1.807) is 0 Å². The molecule has 0 unspecified atom stereocenters. The highest BCUT2D eigenvalue weighted by atomic mass is 16.3. The topological polar surface area (TPSA) is 80.8 Å². The van der Waals surface area contributed by atoms with Gasteiger partial charge in [0.2, 0.25) is 5.91 Å². The van der Waals surface area contributed by atoms with Crippen LogP contribution in [0.4, 0.5) is 0 Å². The normalized spacial score (nSPS) is 37.5. The molecule has 3 aliphatic rings. The Morgan fingerprint density at radius 2 is 1.90 bits per heavy atom. The summed E-state index contributed by atoms with van der Waals surface area (Å²) in [7, 11) is 0. The molecule has 3 aliphatic carbocycles. The maximum absolute atomic E-state index is 11.7. The second kappa shape index (κ2) is 4.85. The van der Waals surface area contributed by atoms with E-state index >= 15 is 0 Å². The van der Waals surface area contributed by atoms with Crippen molar-refractivity contribution in [3.8, 4) is 0 Å². The molecule has 1 fully saturated rings. The lowest BCUT2D eigenvalue weighted by atomic mass is 9.57. The Labute approximate surface area is 121 Å². The molecule has 3 rings (SSSR count). The summed E-state index contributed by atoms with van der Waals surface area (Å²) < 4.78 is 0. The molecule has 4 nitrogen and oxygen atoms in total. The van der Waals surface area contributed by atoms with Gasteiger partial charge in [-0.25, -0.2) is 0 Å². The first kappa shape index (κ1) is 17.2. The van der Waals surface area contributed by atoms with Gasteiger partial charge in [0, 0.05) is 6.92 Å². The minimum absolute atomic E-state index is 0. The van der Waals surface area contributed by atoms with E-state index in [-0.39, 0.29) is 22.2 Å². The third-order valence-corrected chi connectivity index (χ3v) is 5.77. The molecule has 3 atom stereocenters. The van der Waals surface area contributed by atoms with Crippen LogP contribution in [0.5, 0.6) is 0 Å². The Morgan fingerprint density at radius 1 is 1.35 bits per heavy atom. The van der Waals surface area contributed by atoms with Gasteiger partial charge in [-0.05, 0) is 36.5 Å². The number of fused-ring (bicyclic) bond motifs is 3. The molecule has 0 aromatic heterocycles. The molecular weight excluding hydrogens is 254 g/mol. The molecule has 2 bridgehead atoms. The molecule has 0 radical (unpaired) electrons.